The number of hydrogen-bond acceptors (Lipinski definition) is 3. The van der Waals surface area contributed by atoms with Gasteiger partial charge in [-0.25, -0.2) is 4.39 Å². The molecule has 2 rings (SSSR count). The van der Waals surface area contributed by atoms with Crippen molar-refractivity contribution in [3.63, 3.8) is 0 Å². The molecule has 0 aliphatic carbocycles. The third-order valence-electron chi connectivity index (χ3n) is 2.70. The molecule has 0 amide bonds. The number of hydrogen-bond donors (Lipinski definition) is 1. The van der Waals surface area contributed by atoms with Crippen LogP contribution in [0.4, 0.5) is 8.78 Å². The van der Waals surface area contributed by atoms with Gasteiger partial charge in [-0.15, -0.1) is 0 Å². The quantitative estimate of drug-likeness (QED) is 0.837. The van der Waals surface area contributed by atoms with Crippen LogP contribution in [0.1, 0.15) is 17.3 Å². The van der Waals surface area contributed by atoms with Gasteiger partial charge in [-0.05, 0) is 26.1 Å². The molecular formula is C12H11F2NO2. The minimum Gasteiger partial charge on any atom is -0.431 e. The van der Waals surface area contributed by atoms with E-state index in [9.17, 15) is 13.6 Å². The molecule has 90 valence electrons. The Morgan fingerprint density at radius 1 is 1.41 bits per heavy atom. The molecule has 0 aliphatic heterocycles. The van der Waals surface area contributed by atoms with Gasteiger partial charge in [0, 0.05) is 6.07 Å². The maximum Gasteiger partial charge on any atom is 0.278 e. The van der Waals surface area contributed by atoms with Crippen molar-refractivity contribution in [3.05, 3.63) is 35.6 Å². The van der Waals surface area contributed by atoms with Crippen molar-refractivity contribution in [1.29, 1.82) is 0 Å². The van der Waals surface area contributed by atoms with Crippen molar-refractivity contribution >= 4 is 16.8 Å². The summed E-state index contributed by atoms with van der Waals surface area (Å²) in [6, 6.07) is 2.25. The summed E-state index contributed by atoms with van der Waals surface area (Å²) in [5.41, 5.74) is 0.0220. The molecule has 0 fully saturated rings. The SMILES string of the molecule is CN[C@@H](C)C(=O)c1ccc2oc(F)cc2c1F. The van der Waals surface area contributed by atoms with Gasteiger partial charge in [0.25, 0.3) is 6.01 Å². The Kier molecular flexibility index (Phi) is 2.93. The van der Waals surface area contributed by atoms with Crippen LogP contribution in [0.15, 0.2) is 22.6 Å². The first-order chi connectivity index (χ1) is 8.04. The van der Waals surface area contributed by atoms with Gasteiger partial charge in [0.2, 0.25) is 0 Å². The van der Waals surface area contributed by atoms with Crippen LogP contribution in [0.3, 0.4) is 0 Å². The molecule has 0 saturated carbocycles. The Bertz CT molecular complexity index is 577. The van der Waals surface area contributed by atoms with Crippen LogP contribution in [0, 0.1) is 11.8 Å². The molecule has 2 aromatic rings. The van der Waals surface area contributed by atoms with E-state index in [2.05, 4.69) is 9.73 Å². The van der Waals surface area contributed by atoms with Crippen LogP contribution in [-0.2, 0) is 0 Å². The van der Waals surface area contributed by atoms with Gasteiger partial charge in [-0.1, -0.05) is 0 Å². The number of Topliss-reactive ketones (excluding diaryl/α,β-unsaturated/α-hetero) is 1. The van der Waals surface area contributed by atoms with E-state index in [0.29, 0.717) is 0 Å². The van der Waals surface area contributed by atoms with Crippen molar-refractivity contribution < 1.29 is 18.0 Å². The number of nitrogens with one attached hydrogen (secondary N) is 1. The van der Waals surface area contributed by atoms with Gasteiger partial charge < -0.3 is 9.73 Å². The molecule has 0 aliphatic rings. The molecule has 0 unspecified atom stereocenters. The summed E-state index contributed by atoms with van der Waals surface area (Å²) in [4.78, 5) is 11.8. The van der Waals surface area contributed by atoms with Gasteiger partial charge in [-0.3, -0.25) is 4.79 Å². The van der Waals surface area contributed by atoms with Crippen LogP contribution in [0.25, 0.3) is 11.0 Å². The zero-order chi connectivity index (χ0) is 12.6. The summed E-state index contributed by atoms with van der Waals surface area (Å²) >= 11 is 0. The Labute approximate surface area is 96.4 Å². The number of carbonyl (C=O) groups is 1. The first-order valence-corrected chi connectivity index (χ1v) is 5.13. The number of furan rings is 1. The third-order valence-corrected chi connectivity index (χ3v) is 2.70. The van der Waals surface area contributed by atoms with E-state index in [0.717, 1.165) is 6.07 Å². The van der Waals surface area contributed by atoms with E-state index < -0.39 is 17.9 Å². The normalized spacial score (nSPS) is 12.9. The second kappa shape index (κ2) is 4.25. The molecule has 17 heavy (non-hydrogen) atoms. The lowest BCUT2D eigenvalue weighted by atomic mass is 10.0. The van der Waals surface area contributed by atoms with Gasteiger partial charge in [0.15, 0.2) is 5.78 Å². The van der Waals surface area contributed by atoms with Gasteiger partial charge in [0.05, 0.1) is 17.0 Å². The van der Waals surface area contributed by atoms with Crippen molar-refractivity contribution in [2.24, 2.45) is 0 Å². The number of carbonyl (C=O) groups excluding carboxylic acids is 1. The summed E-state index contributed by atoms with van der Waals surface area (Å²) in [7, 11) is 1.61. The number of halogens is 2. The lowest BCUT2D eigenvalue weighted by Crippen LogP contribution is -2.31. The van der Waals surface area contributed by atoms with Gasteiger partial charge in [-0.2, -0.15) is 4.39 Å². The maximum absolute atomic E-state index is 14.0. The Balaban J connectivity index is 2.56. The predicted molar refractivity (Wildman–Crippen MR) is 59.0 cm³/mol. The second-order valence-corrected chi connectivity index (χ2v) is 3.76. The summed E-state index contributed by atoms with van der Waals surface area (Å²) in [6.07, 6.45) is 0. The lowest BCUT2D eigenvalue weighted by Gasteiger charge is -2.09. The monoisotopic (exact) mass is 239 g/mol. The molecule has 1 atom stereocenters. The molecular weight excluding hydrogens is 228 g/mol. The number of rotatable bonds is 3. The highest BCUT2D eigenvalue weighted by molar-refractivity contribution is 6.02. The zero-order valence-electron chi connectivity index (χ0n) is 9.38. The molecule has 1 aromatic heterocycles. The molecule has 0 spiro atoms. The highest BCUT2D eigenvalue weighted by Crippen LogP contribution is 2.24. The van der Waals surface area contributed by atoms with Crippen molar-refractivity contribution in [1.82, 2.24) is 5.32 Å². The number of benzene rings is 1. The van der Waals surface area contributed by atoms with E-state index in [1.807, 2.05) is 0 Å². The molecule has 5 heteroatoms. The molecule has 0 saturated heterocycles. The van der Waals surface area contributed by atoms with Gasteiger partial charge in [0.1, 0.15) is 11.4 Å². The first-order valence-electron chi connectivity index (χ1n) is 5.13. The van der Waals surface area contributed by atoms with E-state index in [4.69, 9.17) is 0 Å². The standard InChI is InChI=1S/C12H11F2NO2/c1-6(15-2)12(16)7-3-4-9-8(11(7)14)5-10(13)17-9/h3-6,15H,1-2H3/t6-/m0/s1. The minimum atomic E-state index is -0.870. The largest absolute Gasteiger partial charge is 0.431 e. The molecule has 0 bridgehead atoms. The fraction of sp³-hybridized carbons (Fsp3) is 0.250. The van der Waals surface area contributed by atoms with E-state index in [1.165, 1.54) is 12.1 Å². The van der Waals surface area contributed by atoms with Crippen molar-refractivity contribution in [2.75, 3.05) is 7.05 Å². The average Bonchev–Trinajstić information content (AvgIpc) is 2.69. The van der Waals surface area contributed by atoms with E-state index >= 15 is 0 Å². The highest BCUT2D eigenvalue weighted by Gasteiger charge is 2.20. The fourth-order valence-electron chi connectivity index (χ4n) is 1.60. The van der Waals surface area contributed by atoms with Crippen LogP contribution in [0.2, 0.25) is 0 Å². The topological polar surface area (TPSA) is 42.2 Å². The second-order valence-electron chi connectivity index (χ2n) is 3.76. The Morgan fingerprint density at radius 3 is 2.76 bits per heavy atom. The van der Waals surface area contributed by atoms with Crippen LogP contribution >= 0.6 is 0 Å². The minimum absolute atomic E-state index is 0.0170. The lowest BCUT2D eigenvalue weighted by molar-refractivity contribution is 0.0951. The summed E-state index contributed by atoms with van der Waals surface area (Å²) in [5.74, 6) is -1.13. The summed E-state index contributed by atoms with van der Waals surface area (Å²) in [6.45, 7) is 1.63. The van der Waals surface area contributed by atoms with Crippen LogP contribution < -0.4 is 5.32 Å². The Morgan fingerprint density at radius 2 is 2.12 bits per heavy atom. The van der Waals surface area contributed by atoms with Crippen molar-refractivity contribution in [3.8, 4) is 0 Å². The predicted octanol–water partition coefficient (Wildman–Crippen LogP) is 2.50. The number of ketones is 1. The molecule has 0 radical (unpaired) electrons. The fourth-order valence-corrected chi connectivity index (χ4v) is 1.60. The first kappa shape index (κ1) is 11.7. The van der Waals surface area contributed by atoms with Crippen LogP contribution in [-0.4, -0.2) is 18.9 Å². The molecule has 1 heterocycles. The number of fused-ring (bicyclic) bond motifs is 1. The molecule has 1 aromatic carbocycles. The smallest absolute Gasteiger partial charge is 0.278 e. The zero-order valence-corrected chi connectivity index (χ0v) is 9.38. The van der Waals surface area contributed by atoms with Gasteiger partial charge >= 0.3 is 0 Å². The summed E-state index contributed by atoms with van der Waals surface area (Å²) in [5, 5.41) is 2.71. The summed E-state index contributed by atoms with van der Waals surface area (Å²) < 4.78 is 31.4. The van der Waals surface area contributed by atoms with Crippen LogP contribution in [0.5, 0.6) is 0 Å². The third kappa shape index (κ3) is 1.93. The molecule has 3 nitrogen and oxygen atoms in total. The highest BCUT2D eigenvalue weighted by atomic mass is 19.1. The van der Waals surface area contributed by atoms with E-state index in [1.54, 1.807) is 14.0 Å². The Hall–Kier alpha value is -1.75. The number of likely N-dealkylation sites (N-methyl/N-ethyl adjacent to an activating group) is 1. The maximum atomic E-state index is 14.0. The average molecular weight is 239 g/mol. The molecule has 1 N–H and O–H groups in total. The van der Waals surface area contributed by atoms with Crippen molar-refractivity contribution in [2.45, 2.75) is 13.0 Å². The van der Waals surface area contributed by atoms with E-state index in [-0.39, 0.29) is 22.3 Å².